The zero-order chi connectivity index (χ0) is 11.4. The number of aryl methyl sites for hydroxylation is 1. The fourth-order valence-corrected chi connectivity index (χ4v) is 1.38. The lowest BCUT2D eigenvalue weighted by Gasteiger charge is -2.17. The number of carboxylic acids is 1. The molecule has 1 atom stereocenters. The monoisotopic (exact) mass is 211 g/mol. The lowest BCUT2D eigenvalue weighted by molar-refractivity contribution is -0.140. The van der Waals surface area contributed by atoms with Crippen molar-refractivity contribution in [1.82, 2.24) is 14.9 Å². The maximum absolute atomic E-state index is 10.9. The Bertz CT molecular complexity index is 333. The molecule has 15 heavy (non-hydrogen) atoms. The summed E-state index contributed by atoms with van der Waals surface area (Å²) in [6, 6.07) is -0.514. The normalized spacial score (nSPS) is 13.1. The number of nitrogens with one attached hydrogen (secondary N) is 1. The van der Waals surface area contributed by atoms with E-state index in [9.17, 15) is 4.79 Å². The Labute approximate surface area is 89.1 Å². The molecular weight excluding hydrogens is 194 g/mol. The highest BCUT2D eigenvalue weighted by atomic mass is 16.4. The van der Waals surface area contributed by atoms with E-state index in [-0.39, 0.29) is 5.92 Å². The fraction of sp³-hybridized carbons (Fsp3) is 0.600. The van der Waals surface area contributed by atoms with Crippen LogP contribution in [0.5, 0.6) is 0 Å². The van der Waals surface area contributed by atoms with Crippen molar-refractivity contribution in [2.24, 2.45) is 13.0 Å². The molecule has 5 nitrogen and oxygen atoms in total. The highest BCUT2D eigenvalue weighted by molar-refractivity contribution is 5.73. The molecule has 1 aromatic heterocycles. The number of nitrogens with zero attached hydrogens (tertiary/aromatic N) is 2. The molecule has 1 unspecified atom stereocenters. The third-order valence-corrected chi connectivity index (χ3v) is 2.35. The smallest absolute Gasteiger partial charge is 0.320 e. The van der Waals surface area contributed by atoms with Gasteiger partial charge < -0.3 is 9.67 Å². The molecule has 1 rings (SSSR count). The quantitative estimate of drug-likeness (QED) is 0.749. The first-order valence-corrected chi connectivity index (χ1v) is 4.93. The minimum absolute atomic E-state index is 0.0655. The van der Waals surface area contributed by atoms with Gasteiger partial charge in [0.1, 0.15) is 6.04 Å². The van der Waals surface area contributed by atoms with E-state index in [1.54, 1.807) is 12.5 Å². The van der Waals surface area contributed by atoms with Gasteiger partial charge >= 0.3 is 5.97 Å². The Kier molecular flexibility index (Phi) is 3.85. The van der Waals surface area contributed by atoms with Crippen molar-refractivity contribution < 1.29 is 9.90 Å². The topological polar surface area (TPSA) is 67.2 Å². The van der Waals surface area contributed by atoms with Crippen LogP contribution in [0.15, 0.2) is 12.5 Å². The van der Waals surface area contributed by atoms with Crippen LogP contribution >= 0.6 is 0 Å². The van der Waals surface area contributed by atoms with Crippen LogP contribution < -0.4 is 5.32 Å². The minimum Gasteiger partial charge on any atom is -0.480 e. The van der Waals surface area contributed by atoms with Gasteiger partial charge in [0.2, 0.25) is 0 Å². The van der Waals surface area contributed by atoms with Gasteiger partial charge in [-0.15, -0.1) is 0 Å². The lowest BCUT2D eigenvalue weighted by atomic mass is 10.0. The van der Waals surface area contributed by atoms with Crippen molar-refractivity contribution >= 4 is 5.97 Å². The largest absolute Gasteiger partial charge is 0.480 e. The van der Waals surface area contributed by atoms with E-state index >= 15 is 0 Å². The zero-order valence-corrected chi connectivity index (χ0v) is 9.27. The summed E-state index contributed by atoms with van der Waals surface area (Å²) in [5.41, 5.74) is 0.974. The Hall–Kier alpha value is -1.36. The number of carboxylic acid groups (broad SMARTS) is 1. The highest BCUT2D eigenvalue weighted by Gasteiger charge is 2.20. The first kappa shape index (κ1) is 11.7. The summed E-state index contributed by atoms with van der Waals surface area (Å²) in [5.74, 6) is -0.747. The van der Waals surface area contributed by atoms with E-state index in [0.717, 1.165) is 5.69 Å². The predicted molar refractivity (Wildman–Crippen MR) is 56.3 cm³/mol. The maximum Gasteiger partial charge on any atom is 0.320 e. The van der Waals surface area contributed by atoms with Crippen molar-refractivity contribution in [3.05, 3.63) is 18.2 Å². The molecule has 0 bridgehead atoms. The summed E-state index contributed by atoms with van der Waals surface area (Å²) in [5, 5.41) is 12.0. The Morgan fingerprint density at radius 1 is 1.67 bits per heavy atom. The molecule has 1 aromatic rings. The van der Waals surface area contributed by atoms with Gasteiger partial charge in [-0.2, -0.15) is 0 Å². The summed E-state index contributed by atoms with van der Waals surface area (Å²) in [7, 11) is 1.88. The van der Waals surface area contributed by atoms with Crippen molar-refractivity contribution in [3.8, 4) is 0 Å². The van der Waals surface area contributed by atoms with Crippen LogP contribution in [0.4, 0.5) is 0 Å². The Balaban J connectivity index is 2.55. The van der Waals surface area contributed by atoms with E-state index in [1.807, 2.05) is 25.5 Å². The number of hydrogen-bond acceptors (Lipinski definition) is 3. The molecule has 0 aliphatic carbocycles. The zero-order valence-electron chi connectivity index (χ0n) is 9.27. The lowest BCUT2D eigenvalue weighted by Crippen LogP contribution is -2.40. The van der Waals surface area contributed by atoms with Crippen LogP contribution in [-0.4, -0.2) is 26.7 Å². The van der Waals surface area contributed by atoms with Crippen LogP contribution in [0.3, 0.4) is 0 Å². The Morgan fingerprint density at radius 3 is 2.73 bits per heavy atom. The Morgan fingerprint density at radius 2 is 2.33 bits per heavy atom. The molecule has 2 N–H and O–H groups in total. The van der Waals surface area contributed by atoms with Crippen LogP contribution in [0, 0.1) is 5.92 Å². The molecule has 0 spiro atoms. The van der Waals surface area contributed by atoms with E-state index < -0.39 is 12.0 Å². The van der Waals surface area contributed by atoms with Crippen molar-refractivity contribution in [3.63, 3.8) is 0 Å². The second-order valence-corrected chi connectivity index (χ2v) is 3.94. The molecule has 0 aromatic carbocycles. The molecular formula is C10H17N3O2. The van der Waals surface area contributed by atoms with Crippen molar-refractivity contribution in [2.45, 2.75) is 26.4 Å². The molecule has 0 aliphatic heterocycles. The summed E-state index contributed by atoms with van der Waals surface area (Å²) in [6.45, 7) is 4.29. The van der Waals surface area contributed by atoms with E-state index in [2.05, 4.69) is 10.3 Å². The van der Waals surface area contributed by atoms with E-state index in [4.69, 9.17) is 5.11 Å². The molecule has 0 aliphatic rings. The first-order valence-electron chi connectivity index (χ1n) is 4.93. The molecule has 0 fully saturated rings. The van der Waals surface area contributed by atoms with Gasteiger partial charge in [-0.1, -0.05) is 13.8 Å². The number of rotatable bonds is 5. The van der Waals surface area contributed by atoms with Gasteiger partial charge in [-0.05, 0) is 5.92 Å². The number of hydrogen-bond donors (Lipinski definition) is 2. The minimum atomic E-state index is -0.813. The average Bonchev–Trinajstić information content (AvgIpc) is 2.51. The number of aromatic nitrogens is 2. The summed E-state index contributed by atoms with van der Waals surface area (Å²) in [6.07, 6.45) is 3.42. The van der Waals surface area contributed by atoms with Gasteiger partial charge in [0.05, 0.1) is 12.0 Å². The van der Waals surface area contributed by atoms with Gasteiger partial charge in [0, 0.05) is 19.8 Å². The van der Waals surface area contributed by atoms with Crippen LogP contribution in [-0.2, 0) is 18.4 Å². The standard InChI is InChI=1S/C10H17N3O2/c1-7(2)9(10(14)15)12-5-8-4-11-6-13(8)3/h4,6-7,9,12H,5H2,1-3H3,(H,14,15). The second-order valence-electron chi connectivity index (χ2n) is 3.94. The van der Waals surface area contributed by atoms with Gasteiger partial charge in [-0.25, -0.2) is 4.98 Å². The molecule has 0 amide bonds. The predicted octanol–water partition coefficient (Wildman–Crippen LogP) is 0.619. The maximum atomic E-state index is 10.9. The summed E-state index contributed by atoms with van der Waals surface area (Å²) >= 11 is 0. The van der Waals surface area contributed by atoms with Gasteiger partial charge in [0.15, 0.2) is 0 Å². The van der Waals surface area contributed by atoms with Crippen LogP contribution in [0.1, 0.15) is 19.5 Å². The average molecular weight is 211 g/mol. The fourth-order valence-electron chi connectivity index (χ4n) is 1.38. The van der Waals surface area contributed by atoms with Crippen LogP contribution in [0.2, 0.25) is 0 Å². The van der Waals surface area contributed by atoms with Crippen molar-refractivity contribution in [2.75, 3.05) is 0 Å². The highest BCUT2D eigenvalue weighted by Crippen LogP contribution is 2.04. The van der Waals surface area contributed by atoms with Gasteiger partial charge in [-0.3, -0.25) is 10.1 Å². The first-order chi connectivity index (χ1) is 7.02. The number of carbonyl (C=O) groups is 1. The van der Waals surface area contributed by atoms with E-state index in [1.165, 1.54) is 0 Å². The molecule has 0 saturated carbocycles. The summed E-state index contributed by atoms with van der Waals surface area (Å²) in [4.78, 5) is 14.9. The SMILES string of the molecule is CC(C)C(NCc1cncn1C)C(=O)O. The van der Waals surface area contributed by atoms with E-state index in [0.29, 0.717) is 6.54 Å². The summed E-state index contributed by atoms with van der Waals surface area (Å²) < 4.78 is 1.87. The molecule has 0 saturated heterocycles. The third-order valence-electron chi connectivity index (χ3n) is 2.35. The third kappa shape index (κ3) is 3.06. The van der Waals surface area contributed by atoms with Crippen molar-refractivity contribution in [1.29, 1.82) is 0 Å². The number of imidazole rings is 1. The molecule has 1 heterocycles. The number of aliphatic carboxylic acids is 1. The molecule has 0 radical (unpaired) electrons. The second kappa shape index (κ2) is 4.93. The van der Waals surface area contributed by atoms with Gasteiger partial charge in [0.25, 0.3) is 0 Å². The van der Waals surface area contributed by atoms with Crippen LogP contribution in [0.25, 0.3) is 0 Å². The molecule has 84 valence electrons. The molecule has 5 heteroatoms.